The van der Waals surface area contributed by atoms with Crippen molar-refractivity contribution in [2.75, 3.05) is 0 Å². The Morgan fingerprint density at radius 2 is 2.06 bits per heavy atom. The molecular formula is C12H10ClN5. The third-order valence-corrected chi connectivity index (χ3v) is 2.89. The van der Waals surface area contributed by atoms with Crippen LogP contribution in [-0.4, -0.2) is 24.7 Å². The zero-order valence-electron chi connectivity index (χ0n) is 9.49. The van der Waals surface area contributed by atoms with E-state index in [0.717, 1.165) is 22.7 Å². The van der Waals surface area contributed by atoms with Gasteiger partial charge in [0.2, 0.25) is 0 Å². The molecule has 0 atom stereocenters. The number of rotatable bonds is 3. The molecule has 6 heteroatoms. The van der Waals surface area contributed by atoms with Crippen molar-refractivity contribution in [3.8, 4) is 0 Å². The second-order valence-corrected chi connectivity index (χ2v) is 4.08. The first kappa shape index (κ1) is 11.1. The van der Waals surface area contributed by atoms with Gasteiger partial charge in [0, 0.05) is 12.4 Å². The molecular weight excluding hydrogens is 250 g/mol. The fourth-order valence-corrected chi connectivity index (χ4v) is 2.06. The van der Waals surface area contributed by atoms with Crippen molar-refractivity contribution in [1.29, 1.82) is 0 Å². The van der Waals surface area contributed by atoms with E-state index in [0.29, 0.717) is 12.4 Å². The van der Waals surface area contributed by atoms with E-state index in [1.54, 1.807) is 12.4 Å². The summed E-state index contributed by atoms with van der Waals surface area (Å²) in [5.41, 5.74) is 2.52. The molecule has 0 aliphatic heterocycles. The molecule has 0 unspecified atom stereocenters. The van der Waals surface area contributed by atoms with Gasteiger partial charge in [-0.1, -0.05) is 0 Å². The van der Waals surface area contributed by atoms with Crippen LogP contribution >= 0.6 is 11.6 Å². The van der Waals surface area contributed by atoms with Crippen LogP contribution in [0.1, 0.15) is 11.5 Å². The van der Waals surface area contributed by atoms with Crippen LogP contribution < -0.4 is 0 Å². The van der Waals surface area contributed by atoms with E-state index in [-0.39, 0.29) is 0 Å². The summed E-state index contributed by atoms with van der Waals surface area (Å²) in [6.45, 7) is 0.573. The molecule has 0 amide bonds. The molecule has 90 valence electrons. The molecule has 0 fully saturated rings. The molecule has 5 nitrogen and oxygen atoms in total. The predicted molar refractivity (Wildman–Crippen MR) is 68.2 cm³/mol. The third-order valence-electron chi connectivity index (χ3n) is 2.65. The minimum atomic E-state index is 0.344. The zero-order chi connectivity index (χ0) is 12.4. The third kappa shape index (κ3) is 1.93. The summed E-state index contributed by atoms with van der Waals surface area (Å²) >= 11 is 5.92. The van der Waals surface area contributed by atoms with Gasteiger partial charge in [-0.15, -0.1) is 11.6 Å². The molecule has 0 bridgehead atoms. The van der Waals surface area contributed by atoms with Crippen LogP contribution in [0.4, 0.5) is 0 Å². The molecule has 0 saturated heterocycles. The number of fused-ring (bicyclic) bond motifs is 1. The van der Waals surface area contributed by atoms with Gasteiger partial charge in [-0.25, -0.2) is 9.97 Å². The molecule has 3 rings (SSSR count). The fraction of sp³-hybridized carbons (Fsp3) is 0.167. The summed E-state index contributed by atoms with van der Waals surface area (Å²) < 4.78 is 1.96. The quantitative estimate of drug-likeness (QED) is 0.675. The SMILES string of the molecule is ClCc1nc2cccnc2n1Cc1cccnn1. The van der Waals surface area contributed by atoms with Gasteiger partial charge in [-0.3, -0.25) is 0 Å². The average Bonchev–Trinajstić information content (AvgIpc) is 2.78. The summed E-state index contributed by atoms with van der Waals surface area (Å²) in [4.78, 5) is 8.79. The fourth-order valence-electron chi connectivity index (χ4n) is 1.85. The van der Waals surface area contributed by atoms with Crippen LogP contribution in [0.15, 0.2) is 36.7 Å². The van der Waals surface area contributed by atoms with Crippen molar-refractivity contribution in [3.05, 3.63) is 48.2 Å². The molecule has 0 aromatic carbocycles. The van der Waals surface area contributed by atoms with Gasteiger partial charge in [0.15, 0.2) is 5.65 Å². The second-order valence-electron chi connectivity index (χ2n) is 3.81. The molecule has 0 saturated carbocycles. The number of hydrogen-bond donors (Lipinski definition) is 0. The summed E-state index contributed by atoms with van der Waals surface area (Å²) in [5.74, 6) is 1.13. The molecule has 3 aromatic rings. The number of aromatic nitrogens is 5. The van der Waals surface area contributed by atoms with E-state index in [4.69, 9.17) is 11.6 Å². The Bertz CT molecular complexity index is 665. The topological polar surface area (TPSA) is 56.5 Å². The van der Waals surface area contributed by atoms with Crippen molar-refractivity contribution in [3.63, 3.8) is 0 Å². The van der Waals surface area contributed by atoms with Crippen LogP contribution in [-0.2, 0) is 12.4 Å². The Morgan fingerprint density at radius 3 is 2.83 bits per heavy atom. The molecule has 18 heavy (non-hydrogen) atoms. The molecule has 3 aromatic heterocycles. The van der Waals surface area contributed by atoms with Gasteiger partial charge < -0.3 is 4.57 Å². The zero-order valence-corrected chi connectivity index (χ0v) is 10.2. The van der Waals surface area contributed by atoms with Crippen LogP contribution in [0.2, 0.25) is 0 Å². The number of alkyl halides is 1. The molecule has 0 radical (unpaired) electrons. The van der Waals surface area contributed by atoms with Gasteiger partial charge in [0.05, 0.1) is 18.1 Å². The second kappa shape index (κ2) is 4.70. The summed E-state index contributed by atoms with van der Waals surface area (Å²) in [6.07, 6.45) is 3.39. The number of nitrogens with zero attached hydrogens (tertiary/aromatic N) is 5. The maximum atomic E-state index is 5.92. The van der Waals surface area contributed by atoms with E-state index >= 15 is 0 Å². The maximum Gasteiger partial charge on any atom is 0.160 e. The Labute approximate surface area is 108 Å². The normalized spacial score (nSPS) is 10.9. The summed E-state index contributed by atoms with van der Waals surface area (Å²) in [6, 6.07) is 7.56. The minimum absolute atomic E-state index is 0.344. The lowest BCUT2D eigenvalue weighted by Crippen LogP contribution is -2.06. The minimum Gasteiger partial charge on any atom is -0.306 e. The Balaban J connectivity index is 2.10. The number of halogens is 1. The molecule has 0 spiro atoms. The monoisotopic (exact) mass is 259 g/mol. The lowest BCUT2D eigenvalue weighted by Gasteiger charge is -2.05. The van der Waals surface area contributed by atoms with Crippen LogP contribution in [0.25, 0.3) is 11.2 Å². The van der Waals surface area contributed by atoms with Gasteiger partial charge in [0.25, 0.3) is 0 Å². The standard InChI is InChI=1S/C12H10ClN5/c13-7-11-16-10-4-2-5-14-12(10)18(11)8-9-3-1-6-15-17-9/h1-6H,7-8H2. The van der Waals surface area contributed by atoms with Crippen molar-refractivity contribution in [1.82, 2.24) is 24.7 Å². The smallest absolute Gasteiger partial charge is 0.160 e. The van der Waals surface area contributed by atoms with Crippen molar-refractivity contribution >= 4 is 22.8 Å². The van der Waals surface area contributed by atoms with Gasteiger partial charge in [0.1, 0.15) is 11.3 Å². The van der Waals surface area contributed by atoms with Gasteiger partial charge in [-0.05, 0) is 24.3 Å². The van der Waals surface area contributed by atoms with E-state index in [9.17, 15) is 0 Å². The lowest BCUT2D eigenvalue weighted by atomic mass is 10.4. The molecule has 0 aliphatic carbocycles. The Hall–Kier alpha value is -2.01. The van der Waals surface area contributed by atoms with Crippen LogP contribution in [0.3, 0.4) is 0 Å². The maximum absolute atomic E-state index is 5.92. The first-order valence-electron chi connectivity index (χ1n) is 5.51. The number of imidazole rings is 1. The predicted octanol–water partition coefficient (Wildman–Crippen LogP) is 2.01. The lowest BCUT2D eigenvalue weighted by molar-refractivity contribution is 0.734. The molecule has 0 N–H and O–H groups in total. The Morgan fingerprint density at radius 1 is 1.17 bits per heavy atom. The number of pyridine rings is 1. The largest absolute Gasteiger partial charge is 0.306 e. The van der Waals surface area contributed by atoms with E-state index in [1.807, 2.05) is 28.8 Å². The van der Waals surface area contributed by atoms with Crippen molar-refractivity contribution in [2.24, 2.45) is 0 Å². The highest BCUT2D eigenvalue weighted by atomic mass is 35.5. The van der Waals surface area contributed by atoms with E-state index in [1.165, 1.54) is 0 Å². The molecule has 3 heterocycles. The highest BCUT2D eigenvalue weighted by molar-refractivity contribution is 6.16. The first-order chi connectivity index (χ1) is 8.88. The van der Waals surface area contributed by atoms with E-state index < -0.39 is 0 Å². The van der Waals surface area contributed by atoms with Gasteiger partial charge in [-0.2, -0.15) is 10.2 Å². The Kier molecular flexibility index (Phi) is 2.90. The van der Waals surface area contributed by atoms with Gasteiger partial charge >= 0.3 is 0 Å². The highest BCUT2D eigenvalue weighted by Crippen LogP contribution is 2.16. The highest BCUT2D eigenvalue weighted by Gasteiger charge is 2.11. The summed E-state index contributed by atoms with van der Waals surface area (Å²) in [5, 5.41) is 7.93. The first-order valence-corrected chi connectivity index (χ1v) is 6.04. The summed E-state index contributed by atoms with van der Waals surface area (Å²) in [7, 11) is 0. The van der Waals surface area contributed by atoms with E-state index in [2.05, 4.69) is 20.2 Å². The van der Waals surface area contributed by atoms with Crippen molar-refractivity contribution < 1.29 is 0 Å². The average molecular weight is 260 g/mol. The van der Waals surface area contributed by atoms with Crippen LogP contribution in [0, 0.1) is 0 Å². The van der Waals surface area contributed by atoms with Crippen molar-refractivity contribution in [2.45, 2.75) is 12.4 Å². The van der Waals surface area contributed by atoms with Crippen LogP contribution in [0.5, 0.6) is 0 Å². The molecule has 0 aliphatic rings. The number of hydrogen-bond acceptors (Lipinski definition) is 4.